The molecule has 1 amide bonds. The number of carbonyl (C=O) groups is 1. The van der Waals surface area contributed by atoms with Crippen molar-refractivity contribution in [1.82, 2.24) is 14.8 Å². The van der Waals surface area contributed by atoms with Gasteiger partial charge in [-0.2, -0.15) is 18.3 Å². The molecule has 2 heterocycles. The Bertz CT molecular complexity index is 1400. The summed E-state index contributed by atoms with van der Waals surface area (Å²) in [6.07, 6.45) is -3.98. The van der Waals surface area contributed by atoms with Crippen molar-refractivity contribution in [1.29, 1.82) is 0 Å². The number of rotatable bonds is 6. The number of anilines is 1. The molecular weight excluding hydrogens is 525 g/mol. The van der Waals surface area contributed by atoms with Gasteiger partial charge in [0.1, 0.15) is 11.4 Å². The lowest BCUT2D eigenvalue weighted by atomic mass is 10.1. The van der Waals surface area contributed by atoms with E-state index in [1.807, 2.05) is 31.2 Å². The fourth-order valence-corrected chi connectivity index (χ4v) is 4.20. The van der Waals surface area contributed by atoms with Crippen LogP contribution in [0.4, 0.5) is 18.9 Å². The first-order chi connectivity index (χ1) is 16.6. The molecule has 2 aromatic heterocycles. The van der Waals surface area contributed by atoms with E-state index >= 15 is 0 Å². The average Bonchev–Trinajstić information content (AvgIpc) is 3.09. The minimum absolute atomic E-state index is 0.0804. The van der Waals surface area contributed by atoms with Gasteiger partial charge in [0, 0.05) is 16.4 Å². The minimum atomic E-state index is -4.69. The Morgan fingerprint density at radius 2 is 1.83 bits per heavy atom. The highest BCUT2D eigenvalue weighted by molar-refractivity contribution is 9.10. The molecule has 1 N–H and O–H groups in total. The highest BCUT2D eigenvalue weighted by atomic mass is 79.9. The highest BCUT2D eigenvalue weighted by Crippen LogP contribution is 2.32. The molecule has 0 aliphatic heterocycles. The molecule has 0 aliphatic carbocycles. The van der Waals surface area contributed by atoms with Crippen molar-refractivity contribution in [2.75, 3.05) is 12.4 Å². The summed E-state index contributed by atoms with van der Waals surface area (Å²) in [5.74, 6) is 0.108. The van der Waals surface area contributed by atoms with Crippen LogP contribution in [0.15, 0.2) is 53.0 Å². The maximum absolute atomic E-state index is 13.4. The first kappa shape index (κ1) is 24.7. The van der Waals surface area contributed by atoms with Gasteiger partial charge in [0.2, 0.25) is 0 Å². The van der Waals surface area contributed by atoms with Gasteiger partial charge in [-0.3, -0.25) is 9.48 Å². The van der Waals surface area contributed by atoms with E-state index in [0.29, 0.717) is 39.9 Å². The molecule has 0 bridgehead atoms. The van der Waals surface area contributed by atoms with E-state index in [9.17, 15) is 18.0 Å². The second kappa shape index (κ2) is 9.69. The number of benzene rings is 2. The summed E-state index contributed by atoms with van der Waals surface area (Å²) in [6.45, 7) is 4.12. The second-order valence-corrected chi connectivity index (χ2v) is 8.95. The van der Waals surface area contributed by atoms with Crippen LogP contribution in [0.25, 0.3) is 10.9 Å². The second-order valence-electron chi connectivity index (χ2n) is 8.04. The molecule has 182 valence electrons. The lowest BCUT2D eigenvalue weighted by Gasteiger charge is -2.13. The van der Waals surface area contributed by atoms with E-state index in [4.69, 9.17) is 4.74 Å². The summed E-state index contributed by atoms with van der Waals surface area (Å²) in [5.41, 5.74) is 1.68. The molecule has 10 heteroatoms. The number of methoxy groups -OCH3 is 1. The fourth-order valence-electron chi connectivity index (χ4n) is 3.83. The summed E-state index contributed by atoms with van der Waals surface area (Å²) in [5, 5.41) is 7.60. The summed E-state index contributed by atoms with van der Waals surface area (Å²) < 4.78 is 47.9. The monoisotopic (exact) mass is 546 g/mol. The van der Waals surface area contributed by atoms with Gasteiger partial charge in [0.05, 0.1) is 35.3 Å². The molecule has 0 atom stereocenters. The first-order valence-electron chi connectivity index (χ1n) is 10.7. The van der Waals surface area contributed by atoms with Gasteiger partial charge < -0.3 is 10.1 Å². The van der Waals surface area contributed by atoms with E-state index in [1.165, 1.54) is 6.07 Å². The first-order valence-corrected chi connectivity index (χ1v) is 11.5. The Hall–Kier alpha value is -3.40. The average molecular weight is 547 g/mol. The van der Waals surface area contributed by atoms with Crippen molar-refractivity contribution >= 4 is 38.4 Å². The number of hydrogen-bond acceptors (Lipinski definition) is 4. The van der Waals surface area contributed by atoms with Gasteiger partial charge in [0.25, 0.3) is 5.91 Å². The molecule has 0 saturated carbocycles. The molecular formula is C25H22BrF3N4O2. The minimum Gasteiger partial charge on any atom is -0.497 e. The summed E-state index contributed by atoms with van der Waals surface area (Å²) in [7, 11) is 1.61. The normalized spacial score (nSPS) is 11.6. The molecule has 2 aromatic carbocycles. The Kier molecular flexibility index (Phi) is 6.84. The number of carbonyl (C=O) groups excluding carboxylic acids is 1. The van der Waals surface area contributed by atoms with Crippen molar-refractivity contribution < 1.29 is 22.7 Å². The smallest absolute Gasteiger partial charge is 0.433 e. The van der Waals surface area contributed by atoms with Gasteiger partial charge in [-0.05, 0) is 62.2 Å². The van der Waals surface area contributed by atoms with Gasteiger partial charge in [-0.25, -0.2) is 4.98 Å². The molecule has 0 unspecified atom stereocenters. The lowest BCUT2D eigenvalue weighted by molar-refractivity contribution is -0.140. The maximum Gasteiger partial charge on any atom is 0.433 e. The third-order valence-electron chi connectivity index (χ3n) is 5.70. The van der Waals surface area contributed by atoms with Crippen LogP contribution in [0.5, 0.6) is 5.75 Å². The van der Waals surface area contributed by atoms with Gasteiger partial charge in [-0.1, -0.05) is 28.1 Å². The van der Waals surface area contributed by atoms with E-state index in [0.717, 1.165) is 17.4 Å². The molecule has 4 rings (SSSR count). The van der Waals surface area contributed by atoms with Crippen LogP contribution < -0.4 is 10.1 Å². The maximum atomic E-state index is 13.4. The summed E-state index contributed by atoms with van der Waals surface area (Å²) in [4.78, 5) is 16.9. The van der Waals surface area contributed by atoms with Gasteiger partial charge in [-0.15, -0.1) is 0 Å². The van der Waals surface area contributed by atoms with E-state index in [2.05, 4.69) is 31.3 Å². The topological polar surface area (TPSA) is 69.0 Å². The van der Waals surface area contributed by atoms with E-state index in [-0.39, 0.29) is 11.1 Å². The van der Waals surface area contributed by atoms with Crippen LogP contribution in [0.3, 0.4) is 0 Å². The van der Waals surface area contributed by atoms with Crippen molar-refractivity contribution in [2.45, 2.75) is 33.0 Å². The lowest BCUT2D eigenvalue weighted by Crippen LogP contribution is -2.17. The van der Waals surface area contributed by atoms with Gasteiger partial charge >= 0.3 is 6.18 Å². The van der Waals surface area contributed by atoms with Crippen molar-refractivity contribution in [3.05, 3.63) is 81.2 Å². The van der Waals surface area contributed by atoms with Crippen LogP contribution in [0, 0.1) is 13.8 Å². The number of amides is 1. The van der Waals surface area contributed by atoms with Crippen molar-refractivity contribution in [3.8, 4) is 5.75 Å². The zero-order valence-electron chi connectivity index (χ0n) is 19.2. The van der Waals surface area contributed by atoms with Crippen LogP contribution in [-0.2, 0) is 19.1 Å². The molecule has 4 aromatic rings. The standard InChI is InChI=1S/C25H22BrF3N4O2/c1-14-23(15(2)33(32-14)11-10-16-4-7-18(35-3)8-5-16)31-24(34)20-13-22(25(27,28)29)30-21-9-6-17(26)12-19(20)21/h4-9,12-13H,10-11H2,1-3H3,(H,31,34). The number of alkyl halides is 3. The number of nitrogens with zero attached hydrogens (tertiary/aromatic N) is 3. The number of aryl methyl sites for hydroxylation is 3. The van der Waals surface area contributed by atoms with Crippen LogP contribution in [0.2, 0.25) is 0 Å². The van der Waals surface area contributed by atoms with Crippen LogP contribution in [-0.4, -0.2) is 27.8 Å². The number of aromatic nitrogens is 3. The molecule has 0 aliphatic rings. The summed E-state index contributed by atoms with van der Waals surface area (Å²) >= 11 is 3.31. The highest BCUT2D eigenvalue weighted by Gasteiger charge is 2.34. The Labute approximate surface area is 208 Å². The Morgan fingerprint density at radius 3 is 2.49 bits per heavy atom. The zero-order valence-corrected chi connectivity index (χ0v) is 20.8. The quantitative estimate of drug-likeness (QED) is 0.306. The third kappa shape index (κ3) is 5.32. The number of nitrogens with one attached hydrogen (secondary N) is 1. The fraction of sp³-hybridized carbons (Fsp3) is 0.240. The Balaban J connectivity index is 1.61. The predicted octanol–water partition coefficient (Wildman–Crippen LogP) is 6.33. The molecule has 0 radical (unpaired) electrons. The number of fused-ring (bicyclic) bond motifs is 1. The number of pyridine rings is 1. The number of ether oxygens (including phenoxy) is 1. The van der Waals surface area contributed by atoms with E-state index < -0.39 is 17.8 Å². The molecule has 6 nitrogen and oxygen atoms in total. The largest absolute Gasteiger partial charge is 0.497 e. The van der Waals surface area contributed by atoms with E-state index in [1.54, 1.807) is 30.8 Å². The number of hydrogen-bond donors (Lipinski definition) is 1. The Morgan fingerprint density at radius 1 is 1.11 bits per heavy atom. The molecule has 0 fully saturated rings. The summed E-state index contributed by atoms with van der Waals surface area (Å²) in [6, 6.07) is 13.1. The molecule has 35 heavy (non-hydrogen) atoms. The van der Waals surface area contributed by atoms with Gasteiger partial charge in [0.15, 0.2) is 0 Å². The molecule has 0 saturated heterocycles. The molecule has 0 spiro atoms. The van der Waals surface area contributed by atoms with Crippen LogP contribution in [0.1, 0.15) is 33.0 Å². The number of halogens is 4. The third-order valence-corrected chi connectivity index (χ3v) is 6.19. The van der Waals surface area contributed by atoms with Crippen LogP contribution >= 0.6 is 15.9 Å². The zero-order chi connectivity index (χ0) is 25.3. The predicted molar refractivity (Wildman–Crippen MR) is 131 cm³/mol. The van der Waals surface area contributed by atoms with Crippen molar-refractivity contribution in [2.24, 2.45) is 0 Å². The SMILES string of the molecule is COc1ccc(CCn2nc(C)c(NC(=O)c3cc(C(F)(F)F)nc4ccc(Br)cc34)c2C)cc1. The van der Waals surface area contributed by atoms with Crippen molar-refractivity contribution in [3.63, 3.8) is 0 Å².